The van der Waals surface area contributed by atoms with Crippen molar-refractivity contribution in [1.82, 2.24) is 4.98 Å². The highest BCUT2D eigenvalue weighted by molar-refractivity contribution is 6.44. The molecule has 0 spiro atoms. The molecule has 4 rings (SSSR count). The number of hydrogen-bond acceptors (Lipinski definition) is 7. The summed E-state index contributed by atoms with van der Waals surface area (Å²) < 4.78 is 11.3. The number of rotatable bonds is 8. The lowest BCUT2D eigenvalue weighted by molar-refractivity contribution is -0.118. The first-order chi connectivity index (χ1) is 16.0. The number of benzene rings is 2. The fraction of sp³-hybridized carbons (Fsp3) is 0.200. The second-order valence-corrected chi connectivity index (χ2v) is 7.53. The number of hydrogen-bond donors (Lipinski definition) is 1. The Hall–Kier alpha value is -4.20. The second-order valence-electron chi connectivity index (χ2n) is 7.53. The normalized spacial score (nSPS) is 15.0. The van der Waals surface area contributed by atoms with Gasteiger partial charge in [0.1, 0.15) is 18.4 Å². The standard InChI is InChI=1S/C25H24N4O4/c1-17(30)22-14-21(28-29(22)20-8-4-3-5-9-20)25(31)27-19-10-11-23(32-2)24(13-19)33-16-18-7-6-12-26-15-18/h3-13,15,22H,14,16H2,1-2H3,(H,27,31). The van der Waals surface area contributed by atoms with Gasteiger partial charge < -0.3 is 14.8 Å². The van der Waals surface area contributed by atoms with Gasteiger partial charge in [0.15, 0.2) is 17.3 Å². The molecule has 0 bridgehead atoms. The molecular formula is C25H24N4O4. The van der Waals surface area contributed by atoms with Crippen molar-refractivity contribution in [2.45, 2.75) is 26.0 Å². The quantitative estimate of drug-likeness (QED) is 0.568. The lowest BCUT2D eigenvalue weighted by atomic mass is 10.1. The molecule has 0 fully saturated rings. The maximum absolute atomic E-state index is 12.9. The minimum Gasteiger partial charge on any atom is -0.493 e. The summed E-state index contributed by atoms with van der Waals surface area (Å²) in [6.45, 7) is 1.81. The first-order valence-electron chi connectivity index (χ1n) is 10.5. The molecule has 2 heterocycles. The molecule has 8 heteroatoms. The minimum atomic E-state index is -0.512. The monoisotopic (exact) mass is 444 g/mol. The topological polar surface area (TPSA) is 93.1 Å². The first-order valence-corrected chi connectivity index (χ1v) is 10.5. The molecule has 2 aromatic carbocycles. The molecule has 1 amide bonds. The number of methoxy groups -OCH3 is 1. The van der Waals surface area contributed by atoms with Gasteiger partial charge >= 0.3 is 0 Å². The van der Waals surface area contributed by atoms with Crippen LogP contribution in [0.15, 0.2) is 78.2 Å². The molecular weight excluding hydrogens is 420 g/mol. The summed E-state index contributed by atoms with van der Waals surface area (Å²) in [6.07, 6.45) is 3.65. The van der Waals surface area contributed by atoms with Crippen molar-refractivity contribution in [3.05, 3.63) is 78.6 Å². The average molecular weight is 444 g/mol. The summed E-state index contributed by atoms with van der Waals surface area (Å²) in [5.41, 5.74) is 2.48. The molecule has 0 saturated carbocycles. The van der Waals surface area contributed by atoms with E-state index in [1.54, 1.807) is 42.7 Å². The Morgan fingerprint density at radius 2 is 1.91 bits per heavy atom. The van der Waals surface area contributed by atoms with Crippen LogP contribution >= 0.6 is 0 Å². The fourth-order valence-electron chi connectivity index (χ4n) is 3.50. The van der Waals surface area contributed by atoms with Gasteiger partial charge in [0.25, 0.3) is 5.91 Å². The Morgan fingerprint density at radius 1 is 1.09 bits per heavy atom. The van der Waals surface area contributed by atoms with Gasteiger partial charge in [0.2, 0.25) is 0 Å². The fourth-order valence-corrected chi connectivity index (χ4v) is 3.50. The molecule has 1 N–H and O–H groups in total. The highest BCUT2D eigenvalue weighted by Crippen LogP contribution is 2.31. The van der Waals surface area contributed by atoms with Crippen LogP contribution in [0.25, 0.3) is 0 Å². The first kappa shape index (κ1) is 22.0. The zero-order valence-electron chi connectivity index (χ0n) is 18.4. The molecule has 1 aliphatic rings. The molecule has 33 heavy (non-hydrogen) atoms. The third-order valence-corrected chi connectivity index (χ3v) is 5.20. The summed E-state index contributed by atoms with van der Waals surface area (Å²) in [5, 5.41) is 8.90. The third kappa shape index (κ3) is 5.17. The predicted octanol–water partition coefficient (Wildman–Crippen LogP) is 3.83. The van der Waals surface area contributed by atoms with Crippen molar-refractivity contribution < 1.29 is 19.1 Å². The lowest BCUT2D eigenvalue weighted by Gasteiger charge is -2.20. The maximum Gasteiger partial charge on any atom is 0.271 e. The maximum atomic E-state index is 12.9. The molecule has 1 aliphatic heterocycles. The highest BCUT2D eigenvalue weighted by atomic mass is 16.5. The van der Waals surface area contributed by atoms with Crippen molar-refractivity contribution in [2.24, 2.45) is 5.10 Å². The molecule has 8 nitrogen and oxygen atoms in total. The number of Topliss-reactive ketones (excluding diaryl/α,β-unsaturated/α-hetero) is 1. The number of carbonyl (C=O) groups is 2. The van der Waals surface area contributed by atoms with Crippen LogP contribution in [0, 0.1) is 0 Å². The second kappa shape index (κ2) is 9.95. The van der Waals surface area contributed by atoms with E-state index in [4.69, 9.17) is 9.47 Å². The van der Waals surface area contributed by atoms with Crippen molar-refractivity contribution in [2.75, 3.05) is 17.4 Å². The van der Waals surface area contributed by atoms with E-state index in [1.165, 1.54) is 6.92 Å². The highest BCUT2D eigenvalue weighted by Gasteiger charge is 2.34. The van der Waals surface area contributed by atoms with Crippen LogP contribution in [0.3, 0.4) is 0 Å². The van der Waals surface area contributed by atoms with Crippen LogP contribution in [0.4, 0.5) is 11.4 Å². The van der Waals surface area contributed by atoms with Crippen molar-refractivity contribution in [3.8, 4) is 11.5 Å². The van der Waals surface area contributed by atoms with Crippen LogP contribution < -0.4 is 19.8 Å². The lowest BCUT2D eigenvalue weighted by Crippen LogP contribution is -2.33. The summed E-state index contributed by atoms with van der Waals surface area (Å²) in [4.78, 5) is 29.2. The number of pyridine rings is 1. The number of aromatic nitrogens is 1. The van der Waals surface area contributed by atoms with E-state index in [2.05, 4.69) is 15.4 Å². The number of ether oxygens (including phenoxy) is 2. The van der Waals surface area contributed by atoms with Crippen molar-refractivity contribution in [3.63, 3.8) is 0 Å². The van der Waals surface area contributed by atoms with E-state index in [1.807, 2.05) is 42.5 Å². The molecule has 3 aromatic rings. The van der Waals surface area contributed by atoms with E-state index in [9.17, 15) is 9.59 Å². The van der Waals surface area contributed by atoms with Crippen molar-refractivity contribution >= 4 is 28.8 Å². The number of para-hydroxylation sites is 1. The van der Waals surface area contributed by atoms with Gasteiger partial charge in [-0.1, -0.05) is 24.3 Å². The molecule has 1 unspecified atom stereocenters. The van der Waals surface area contributed by atoms with Gasteiger partial charge in [-0.05, 0) is 37.3 Å². The average Bonchev–Trinajstić information content (AvgIpc) is 3.30. The van der Waals surface area contributed by atoms with Gasteiger partial charge in [0, 0.05) is 36.1 Å². The van der Waals surface area contributed by atoms with E-state index in [0.29, 0.717) is 23.8 Å². The van der Waals surface area contributed by atoms with Crippen LogP contribution in [-0.4, -0.2) is 35.5 Å². The van der Waals surface area contributed by atoms with E-state index < -0.39 is 6.04 Å². The van der Waals surface area contributed by atoms with E-state index in [-0.39, 0.29) is 23.8 Å². The van der Waals surface area contributed by atoms with Crippen molar-refractivity contribution in [1.29, 1.82) is 0 Å². The number of amides is 1. The SMILES string of the molecule is COc1ccc(NC(=O)C2=NN(c3ccccc3)C(C(C)=O)C2)cc1OCc1cccnc1. The molecule has 1 atom stereocenters. The van der Waals surface area contributed by atoms with Crippen LogP contribution in [0.1, 0.15) is 18.9 Å². The summed E-state index contributed by atoms with van der Waals surface area (Å²) in [7, 11) is 1.55. The Kier molecular flexibility index (Phi) is 6.64. The van der Waals surface area contributed by atoms with Gasteiger partial charge in [-0.15, -0.1) is 0 Å². The Balaban J connectivity index is 1.50. The zero-order chi connectivity index (χ0) is 23.2. The number of nitrogens with one attached hydrogen (secondary N) is 1. The van der Waals surface area contributed by atoms with Gasteiger partial charge in [0.05, 0.1) is 12.8 Å². The number of carbonyl (C=O) groups excluding carboxylic acids is 2. The number of ketones is 1. The Morgan fingerprint density at radius 3 is 2.61 bits per heavy atom. The molecule has 168 valence electrons. The Labute approximate surface area is 191 Å². The van der Waals surface area contributed by atoms with E-state index >= 15 is 0 Å². The largest absolute Gasteiger partial charge is 0.493 e. The number of hydrazone groups is 1. The zero-order valence-corrected chi connectivity index (χ0v) is 18.4. The summed E-state index contributed by atoms with van der Waals surface area (Å²) >= 11 is 0. The molecule has 0 radical (unpaired) electrons. The third-order valence-electron chi connectivity index (χ3n) is 5.20. The number of anilines is 2. The van der Waals surface area contributed by atoms with Gasteiger partial charge in [-0.3, -0.25) is 19.6 Å². The number of nitrogens with zero attached hydrogens (tertiary/aromatic N) is 3. The van der Waals surface area contributed by atoms with E-state index in [0.717, 1.165) is 11.3 Å². The van der Waals surface area contributed by atoms with Gasteiger partial charge in [-0.25, -0.2) is 0 Å². The summed E-state index contributed by atoms with van der Waals surface area (Å²) in [6, 6.07) is 17.7. The van der Waals surface area contributed by atoms with Crippen LogP contribution in [0.2, 0.25) is 0 Å². The minimum absolute atomic E-state index is 0.0547. The summed E-state index contributed by atoms with van der Waals surface area (Å²) in [5.74, 6) is 0.603. The Bertz CT molecular complexity index is 1170. The molecule has 1 aromatic heterocycles. The van der Waals surface area contributed by atoms with Crippen LogP contribution in [0.5, 0.6) is 11.5 Å². The van der Waals surface area contributed by atoms with Gasteiger partial charge in [-0.2, -0.15) is 5.10 Å². The predicted molar refractivity (Wildman–Crippen MR) is 126 cm³/mol. The molecule has 0 aliphatic carbocycles. The molecule has 0 saturated heterocycles. The van der Waals surface area contributed by atoms with Crippen LogP contribution in [-0.2, 0) is 16.2 Å². The smallest absolute Gasteiger partial charge is 0.271 e.